The van der Waals surface area contributed by atoms with Crippen LogP contribution in [-0.2, 0) is 11.3 Å². The first-order valence-corrected chi connectivity index (χ1v) is 4.42. The van der Waals surface area contributed by atoms with E-state index in [2.05, 4.69) is 4.98 Å². The van der Waals surface area contributed by atoms with Gasteiger partial charge in [0.25, 0.3) is 0 Å². The van der Waals surface area contributed by atoms with Crippen molar-refractivity contribution in [3.63, 3.8) is 0 Å². The number of hydrogen-bond donors (Lipinski definition) is 1. The van der Waals surface area contributed by atoms with Gasteiger partial charge in [-0.25, -0.2) is 4.98 Å². The van der Waals surface area contributed by atoms with E-state index in [-0.39, 0.29) is 6.61 Å². The molecule has 0 aliphatic rings. The number of aliphatic hydroxyl groups is 1. The molecule has 0 atom stereocenters. The van der Waals surface area contributed by atoms with Crippen molar-refractivity contribution in [2.45, 2.75) is 20.4 Å². The zero-order valence-electron chi connectivity index (χ0n) is 8.16. The number of aliphatic hydroxyl groups excluding tert-OH is 1. The van der Waals surface area contributed by atoms with Crippen LogP contribution >= 0.6 is 0 Å². The second-order valence-corrected chi connectivity index (χ2v) is 2.94. The fourth-order valence-electron chi connectivity index (χ4n) is 1.10. The maximum absolute atomic E-state index is 8.48. The molecule has 0 radical (unpaired) electrons. The van der Waals surface area contributed by atoms with Gasteiger partial charge in [-0.2, -0.15) is 0 Å². The van der Waals surface area contributed by atoms with E-state index in [1.165, 1.54) is 5.69 Å². The summed E-state index contributed by atoms with van der Waals surface area (Å²) in [4.78, 5) is 4.17. The van der Waals surface area contributed by atoms with Gasteiger partial charge in [-0.3, -0.25) is 0 Å². The molecule has 1 N–H and O–H groups in total. The third-order valence-electron chi connectivity index (χ3n) is 2.06. The third-order valence-corrected chi connectivity index (χ3v) is 2.06. The summed E-state index contributed by atoms with van der Waals surface area (Å²) in [5.41, 5.74) is 2.23. The van der Waals surface area contributed by atoms with E-state index in [1.54, 1.807) is 0 Å². The Morgan fingerprint density at radius 2 is 2.23 bits per heavy atom. The van der Waals surface area contributed by atoms with Crippen molar-refractivity contribution >= 4 is 0 Å². The van der Waals surface area contributed by atoms with Crippen LogP contribution in [0, 0.1) is 13.8 Å². The van der Waals surface area contributed by atoms with Crippen LogP contribution in [0.5, 0.6) is 0 Å². The van der Waals surface area contributed by atoms with Crippen molar-refractivity contribution in [1.29, 1.82) is 0 Å². The summed E-state index contributed by atoms with van der Waals surface area (Å²) in [5, 5.41) is 8.48. The van der Waals surface area contributed by atoms with Gasteiger partial charge in [0.15, 0.2) is 0 Å². The topological polar surface area (TPSA) is 47.3 Å². The third kappa shape index (κ3) is 2.82. The van der Waals surface area contributed by atoms with Gasteiger partial charge < -0.3 is 14.4 Å². The Labute approximate surface area is 78.2 Å². The molecule has 1 rings (SSSR count). The van der Waals surface area contributed by atoms with Crippen molar-refractivity contribution in [2.75, 3.05) is 19.8 Å². The Morgan fingerprint density at radius 3 is 2.77 bits per heavy atom. The Bertz CT molecular complexity index is 258. The number of rotatable bonds is 5. The lowest BCUT2D eigenvalue weighted by Crippen LogP contribution is -2.08. The molecular weight excluding hydrogens is 168 g/mol. The van der Waals surface area contributed by atoms with Gasteiger partial charge in [-0.15, -0.1) is 0 Å². The Kier molecular flexibility index (Phi) is 3.92. The van der Waals surface area contributed by atoms with Gasteiger partial charge in [-0.05, 0) is 13.8 Å². The fourth-order valence-corrected chi connectivity index (χ4v) is 1.10. The molecule has 0 aliphatic heterocycles. The molecule has 0 unspecified atom stereocenters. The summed E-state index contributed by atoms with van der Waals surface area (Å²) in [6.07, 6.45) is 1.81. The van der Waals surface area contributed by atoms with E-state index in [0.29, 0.717) is 13.2 Å². The van der Waals surface area contributed by atoms with E-state index < -0.39 is 0 Å². The van der Waals surface area contributed by atoms with Gasteiger partial charge in [0.05, 0.1) is 31.8 Å². The summed E-state index contributed by atoms with van der Waals surface area (Å²) >= 11 is 0. The van der Waals surface area contributed by atoms with E-state index in [4.69, 9.17) is 9.84 Å². The van der Waals surface area contributed by atoms with Gasteiger partial charge in [0, 0.05) is 12.2 Å². The van der Waals surface area contributed by atoms with E-state index in [9.17, 15) is 0 Å². The SMILES string of the molecule is Cc1ncn(CCOCCO)c1C. The molecule has 4 nitrogen and oxygen atoms in total. The summed E-state index contributed by atoms with van der Waals surface area (Å²) in [7, 11) is 0. The maximum Gasteiger partial charge on any atom is 0.0952 e. The molecule has 0 aliphatic carbocycles. The fraction of sp³-hybridized carbons (Fsp3) is 0.667. The predicted octanol–water partition coefficient (Wildman–Crippen LogP) is 0.509. The van der Waals surface area contributed by atoms with Gasteiger partial charge in [0.1, 0.15) is 0 Å². The molecule has 1 heterocycles. The maximum atomic E-state index is 8.48. The average Bonchev–Trinajstić information content (AvgIpc) is 2.43. The van der Waals surface area contributed by atoms with Crippen LogP contribution in [0.15, 0.2) is 6.33 Å². The number of nitrogens with zero attached hydrogens (tertiary/aromatic N) is 2. The molecule has 4 heteroatoms. The Hall–Kier alpha value is -0.870. The van der Waals surface area contributed by atoms with Crippen LogP contribution in [0.2, 0.25) is 0 Å². The number of aryl methyl sites for hydroxylation is 1. The van der Waals surface area contributed by atoms with Gasteiger partial charge in [0.2, 0.25) is 0 Å². The number of aromatic nitrogens is 2. The van der Waals surface area contributed by atoms with Crippen LogP contribution in [0.25, 0.3) is 0 Å². The normalized spacial score (nSPS) is 10.7. The highest BCUT2D eigenvalue weighted by Gasteiger charge is 2.00. The lowest BCUT2D eigenvalue weighted by Gasteiger charge is -2.05. The van der Waals surface area contributed by atoms with Crippen LogP contribution in [0.3, 0.4) is 0 Å². The predicted molar refractivity (Wildman–Crippen MR) is 49.6 cm³/mol. The molecular formula is C9H16N2O2. The second kappa shape index (κ2) is 4.99. The highest BCUT2D eigenvalue weighted by molar-refractivity contribution is 5.08. The molecule has 13 heavy (non-hydrogen) atoms. The summed E-state index contributed by atoms with van der Waals surface area (Å²) < 4.78 is 7.20. The highest BCUT2D eigenvalue weighted by Crippen LogP contribution is 2.03. The Morgan fingerprint density at radius 1 is 1.46 bits per heavy atom. The van der Waals surface area contributed by atoms with Gasteiger partial charge in [-0.1, -0.05) is 0 Å². The first kappa shape index (κ1) is 10.2. The number of ether oxygens (including phenoxy) is 1. The van der Waals surface area contributed by atoms with Crippen LogP contribution < -0.4 is 0 Å². The quantitative estimate of drug-likeness (QED) is 0.678. The summed E-state index contributed by atoms with van der Waals surface area (Å²) in [6.45, 7) is 5.94. The largest absolute Gasteiger partial charge is 0.394 e. The number of hydrogen-bond acceptors (Lipinski definition) is 3. The lowest BCUT2D eigenvalue weighted by atomic mass is 10.4. The highest BCUT2D eigenvalue weighted by atomic mass is 16.5. The lowest BCUT2D eigenvalue weighted by molar-refractivity contribution is 0.0867. The zero-order chi connectivity index (χ0) is 9.68. The van der Waals surface area contributed by atoms with E-state index >= 15 is 0 Å². The minimum atomic E-state index is 0.0853. The second-order valence-electron chi connectivity index (χ2n) is 2.94. The van der Waals surface area contributed by atoms with Crippen molar-refractivity contribution in [2.24, 2.45) is 0 Å². The Balaban J connectivity index is 2.32. The summed E-state index contributed by atoms with van der Waals surface area (Å²) in [6, 6.07) is 0. The summed E-state index contributed by atoms with van der Waals surface area (Å²) in [5.74, 6) is 0. The zero-order valence-corrected chi connectivity index (χ0v) is 8.16. The first-order chi connectivity index (χ1) is 6.25. The molecule has 0 aromatic carbocycles. The smallest absolute Gasteiger partial charge is 0.0952 e. The first-order valence-electron chi connectivity index (χ1n) is 4.42. The van der Waals surface area contributed by atoms with Crippen LogP contribution in [-0.4, -0.2) is 34.5 Å². The molecule has 1 aromatic heterocycles. The molecule has 1 aromatic rings. The molecule has 0 bridgehead atoms. The van der Waals surface area contributed by atoms with Crippen LogP contribution in [0.1, 0.15) is 11.4 Å². The standard InChI is InChI=1S/C9H16N2O2/c1-8-9(2)11(7-10-8)3-5-13-6-4-12/h7,12H,3-6H2,1-2H3. The average molecular weight is 184 g/mol. The molecule has 0 amide bonds. The minimum Gasteiger partial charge on any atom is -0.394 e. The van der Waals surface area contributed by atoms with Crippen LogP contribution in [0.4, 0.5) is 0 Å². The number of imidazole rings is 1. The van der Waals surface area contributed by atoms with Crippen molar-refractivity contribution < 1.29 is 9.84 Å². The molecule has 0 spiro atoms. The van der Waals surface area contributed by atoms with Crippen molar-refractivity contribution in [3.8, 4) is 0 Å². The monoisotopic (exact) mass is 184 g/mol. The van der Waals surface area contributed by atoms with Crippen molar-refractivity contribution in [1.82, 2.24) is 9.55 Å². The molecule has 74 valence electrons. The molecule has 0 saturated heterocycles. The minimum absolute atomic E-state index is 0.0853. The van der Waals surface area contributed by atoms with Crippen molar-refractivity contribution in [3.05, 3.63) is 17.7 Å². The molecule has 0 fully saturated rings. The molecule has 0 saturated carbocycles. The van der Waals surface area contributed by atoms with Gasteiger partial charge >= 0.3 is 0 Å². The van der Waals surface area contributed by atoms with E-state index in [0.717, 1.165) is 12.2 Å². The van der Waals surface area contributed by atoms with E-state index in [1.807, 2.05) is 24.7 Å².